The van der Waals surface area contributed by atoms with Crippen LogP contribution in [0.5, 0.6) is 0 Å². The number of nitrogens with one attached hydrogen (secondary N) is 2. The van der Waals surface area contributed by atoms with Gasteiger partial charge in [-0.2, -0.15) is 0 Å². The molecule has 3 aromatic rings. The van der Waals surface area contributed by atoms with E-state index in [9.17, 15) is 9.59 Å². The molecule has 0 aliphatic carbocycles. The van der Waals surface area contributed by atoms with E-state index in [1.807, 2.05) is 37.3 Å². The van der Waals surface area contributed by atoms with E-state index < -0.39 is 0 Å². The van der Waals surface area contributed by atoms with E-state index in [-0.39, 0.29) is 11.8 Å². The van der Waals surface area contributed by atoms with Gasteiger partial charge in [0.2, 0.25) is 0 Å². The van der Waals surface area contributed by atoms with Crippen LogP contribution in [-0.2, 0) is 0 Å². The van der Waals surface area contributed by atoms with Crippen LogP contribution >= 0.6 is 0 Å². The minimum Gasteiger partial charge on any atom is -0.397 e. The molecule has 2 aromatic carbocycles. The van der Waals surface area contributed by atoms with Gasteiger partial charge in [-0.15, -0.1) is 0 Å². The molecule has 170 valence electrons. The molecule has 1 aromatic heterocycles. The van der Waals surface area contributed by atoms with Crippen molar-refractivity contribution in [3.05, 3.63) is 77.5 Å². The van der Waals surface area contributed by atoms with Gasteiger partial charge in [-0.05, 0) is 68.8 Å². The molecule has 7 nitrogen and oxygen atoms in total. The van der Waals surface area contributed by atoms with Gasteiger partial charge < -0.3 is 21.3 Å². The Balaban J connectivity index is 1.38. The lowest BCUT2D eigenvalue weighted by atomic mass is 10.0. The third-order valence-corrected chi connectivity index (χ3v) is 5.88. The van der Waals surface area contributed by atoms with Gasteiger partial charge in [0.25, 0.3) is 11.8 Å². The fraction of sp³-hybridized carbons (Fsp3) is 0.269. The molecule has 7 heteroatoms. The Morgan fingerprint density at radius 3 is 2.42 bits per heavy atom. The average Bonchev–Trinajstić information content (AvgIpc) is 3.34. The van der Waals surface area contributed by atoms with Gasteiger partial charge in [0.05, 0.1) is 22.6 Å². The van der Waals surface area contributed by atoms with E-state index in [1.165, 1.54) is 12.8 Å². The standard InChI is InChI=1S/C26H29N5O2/c1-18-16-21(25(32)28-12-15-31-13-4-5-14-31)17-29-24(18)19-8-10-20(11-9-19)26(33)30-23-7-3-2-6-22(23)27/h2-3,6-11,16-17H,4-5,12-15,27H2,1H3,(H,28,32)(H,30,33). The molecule has 1 fully saturated rings. The number of likely N-dealkylation sites (tertiary alicyclic amines) is 1. The lowest BCUT2D eigenvalue weighted by molar-refractivity contribution is 0.0948. The van der Waals surface area contributed by atoms with Crippen molar-refractivity contribution in [1.29, 1.82) is 0 Å². The molecule has 1 saturated heterocycles. The Kier molecular flexibility index (Phi) is 7.00. The fourth-order valence-electron chi connectivity index (χ4n) is 4.02. The minimum atomic E-state index is -0.231. The fourth-order valence-corrected chi connectivity index (χ4v) is 4.02. The first-order valence-electron chi connectivity index (χ1n) is 11.2. The lowest BCUT2D eigenvalue weighted by Crippen LogP contribution is -2.33. The van der Waals surface area contributed by atoms with Gasteiger partial charge in [-0.3, -0.25) is 14.6 Å². The van der Waals surface area contributed by atoms with Crippen molar-refractivity contribution in [1.82, 2.24) is 15.2 Å². The van der Waals surface area contributed by atoms with Crippen LogP contribution in [0.25, 0.3) is 11.3 Å². The monoisotopic (exact) mass is 443 g/mol. The van der Waals surface area contributed by atoms with Crippen LogP contribution in [0.2, 0.25) is 0 Å². The molecule has 4 rings (SSSR count). The summed E-state index contributed by atoms with van der Waals surface area (Å²) >= 11 is 0. The van der Waals surface area contributed by atoms with Crippen LogP contribution in [0.4, 0.5) is 11.4 Å². The highest BCUT2D eigenvalue weighted by atomic mass is 16.2. The van der Waals surface area contributed by atoms with Gasteiger partial charge >= 0.3 is 0 Å². The number of pyridine rings is 1. The summed E-state index contributed by atoms with van der Waals surface area (Å²) in [7, 11) is 0. The number of aryl methyl sites for hydroxylation is 1. The molecule has 2 heterocycles. The van der Waals surface area contributed by atoms with Crippen LogP contribution < -0.4 is 16.4 Å². The first-order valence-corrected chi connectivity index (χ1v) is 11.2. The van der Waals surface area contributed by atoms with Crippen molar-refractivity contribution in [3.8, 4) is 11.3 Å². The molecule has 1 aliphatic heterocycles. The summed E-state index contributed by atoms with van der Waals surface area (Å²) in [4.78, 5) is 31.9. The number of nitrogen functional groups attached to an aromatic ring is 1. The molecule has 2 amide bonds. The van der Waals surface area contributed by atoms with Crippen molar-refractivity contribution in [2.45, 2.75) is 19.8 Å². The zero-order chi connectivity index (χ0) is 23.2. The number of hydrogen-bond acceptors (Lipinski definition) is 5. The van der Waals surface area contributed by atoms with Gasteiger partial charge in [0.15, 0.2) is 0 Å². The van der Waals surface area contributed by atoms with E-state index in [0.29, 0.717) is 29.0 Å². The smallest absolute Gasteiger partial charge is 0.255 e. The van der Waals surface area contributed by atoms with Crippen molar-refractivity contribution in [2.24, 2.45) is 0 Å². The van der Waals surface area contributed by atoms with E-state index in [4.69, 9.17) is 5.73 Å². The van der Waals surface area contributed by atoms with E-state index in [0.717, 1.165) is 36.5 Å². The van der Waals surface area contributed by atoms with E-state index in [2.05, 4.69) is 20.5 Å². The molecule has 33 heavy (non-hydrogen) atoms. The maximum Gasteiger partial charge on any atom is 0.255 e. The summed E-state index contributed by atoms with van der Waals surface area (Å²) in [5.74, 6) is -0.339. The largest absolute Gasteiger partial charge is 0.397 e. The Labute approximate surface area is 194 Å². The van der Waals surface area contributed by atoms with Crippen LogP contribution in [-0.4, -0.2) is 47.9 Å². The topological polar surface area (TPSA) is 100 Å². The second-order valence-electron chi connectivity index (χ2n) is 8.31. The van der Waals surface area contributed by atoms with Gasteiger partial charge in [0.1, 0.15) is 0 Å². The Morgan fingerprint density at radius 1 is 1.00 bits per heavy atom. The summed E-state index contributed by atoms with van der Waals surface area (Å²) in [6.45, 7) is 5.69. The number of nitrogens with zero attached hydrogens (tertiary/aromatic N) is 2. The summed E-state index contributed by atoms with van der Waals surface area (Å²) in [6, 6.07) is 16.2. The van der Waals surface area contributed by atoms with Gasteiger partial charge in [0, 0.05) is 30.4 Å². The number of carbonyl (C=O) groups excluding carboxylic acids is 2. The third-order valence-electron chi connectivity index (χ3n) is 5.88. The number of rotatable bonds is 7. The number of amides is 2. The number of aromatic nitrogens is 1. The Morgan fingerprint density at radius 2 is 1.73 bits per heavy atom. The van der Waals surface area contributed by atoms with Crippen molar-refractivity contribution in [2.75, 3.05) is 37.2 Å². The first kappa shape index (κ1) is 22.5. The summed E-state index contributed by atoms with van der Waals surface area (Å²) in [5, 5.41) is 5.81. The summed E-state index contributed by atoms with van der Waals surface area (Å²) < 4.78 is 0. The summed E-state index contributed by atoms with van der Waals surface area (Å²) in [5.41, 5.74) is 10.6. The van der Waals surface area contributed by atoms with E-state index >= 15 is 0 Å². The normalized spacial score (nSPS) is 13.6. The second kappa shape index (κ2) is 10.3. The number of benzene rings is 2. The molecule has 0 radical (unpaired) electrons. The third kappa shape index (κ3) is 5.56. The molecule has 0 spiro atoms. The van der Waals surface area contributed by atoms with Crippen LogP contribution in [0.15, 0.2) is 60.8 Å². The zero-order valence-corrected chi connectivity index (χ0v) is 18.8. The predicted molar refractivity (Wildman–Crippen MR) is 131 cm³/mol. The van der Waals surface area contributed by atoms with Crippen LogP contribution in [0.1, 0.15) is 39.1 Å². The molecule has 0 unspecified atom stereocenters. The number of para-hydroxylation sites is 2. The van der Waals surface area contributed by atoms with Gasteiger partial charge in [-0.1, -0.05) is 24.3 Å². The minimum absolute atomic E-state index is 0.108. The molecular formula is C26H29N5O2. The molecular weight excluding hydrogens is 414 g/mol. The average molecular weight is 444 g/mol. The quantitative estimate of drug-likeness (QED) is 0.483. The first-order chi connectivity index (χ1) is 16.0. The number of carbonyl (C=O) groups is 2. The van der Waals surface area contributed by atoms with Gasteiger partial charge in [-0.25, -0.2) is 0 Å². The zero-order valence-electron chi connectivity index (χ0n) is 18.8. The molecule has 0 bridgehead atoms. The SMILES string of the molecule is Cc1cc(C(=O)NCCN2CCCC2)cnc1-c1ccc(C(=O)Nc2ccccc2N)cc1. The maximum absolute atomic E-state index is 12.5. The van der Waals surface area contributed by atoms with Crippen LogP contribution in [0, 0.1) is 6.92 Å². The number of hydrogen-bond donors (Lipinski definition) is 3. The van der Waals surface area contributed by atoms with Crippen molar-refractivity contribution < 1.29 is 9.59 Å². The predicted octanol–water partition coefficient (Wildman–Crippen LogP) is 3.72. The number of nitrogens with two attached hydrogens (primary N) is 1. The number of anilines is 2. The molecule has 0 atom stereocenters. The highest BCUT2D eigenvalue weighted by molar-refractivity contribution is 6.06. The van der Waals surface area contributed by atoms with Crippen LogP contribution in [0.3, 0.4) is 0 Å². The lowest BCUT2D eigenvalue weighted by Gasteiger charge is -2.15. The van der Waals surface area contributed by atoms with E-state index in [1.54, 1.807) is 30.5 Å². The molecule has 4 N–H and O–H groups in total. The second-order valence-corrected chi connectivity index (χ2v) is 8.31. The maximum atomic E-state index is 12.5. The molecule has 1 aliphatic rings. The van der Waals surface area contributed by atoms with Crippen molar-refractivity contribution >= 4 is 23.2 Å². The molecule has 0 saturated carbocycles. The van der Waals surface area contributed by atoms with Crippen molar-refractivity contribution in [3.63, 3.8) is 0 Å². The Hall–Kier alpha value is -3.71. The highest BCUT2D eigenvalue weighted by Crippen LogP contribution is 2.23. The Bertz CT molecular complexity index is 1140. The highest BCUT2D eigenvalue weighted by Gasteiger charge is 2.14. The summed E-state index contributed by atoms with van der Waals surface area (Å²) in [6.07, 6.45) is 4.09.